The van der Waals surface area contributed by atoms with Gasteiger partial charge in [-0.3, -0.25) is 0 Å². The second kappa shape index (κ2) is 6.30. The molecule has 0 aliphatic carbocycles. The lowest BCUT2D eigenvalue weighted by molar-refractivity contribution is 0.291. The Morgan fingerprint density at radius 2 is 2.00 bits per heavy atom. The van der Waals surface area contributed by atoms with E-state index >= 15 is 0 Å². The Morgan fingerprint density at radius 1 is 1.25 bits per heavy atom. The Morgan fingerprint density at radius 3 is 2.56 bits per heavy atom. The van der Waals surface area contributed by atoms with E-state index in [1.54, 1.807) is 0 Å². The van der Waals surface area contributed by atoms with Crippen LogP contribution in [0.2, 0.25) is 0 Å². The fourth-order valence-corrected chi connectivity index (χ4v) is 1.31. The lowest BCUT2D eigenvalue weighted by Crippen LogP contribution is -2.13. The largest absolute Gasteiger partial charge is 0.476 e. The predicted molar refractivity (Wildman–Crippen MR) is 66.1 cm³/mol. The molecule has 1 rings (SSSR count). The average molecular weight is 223 g/mol. The molecule has 0 spiro atoms. The topological polar surface area (TPSA) is 38.3 Å². The van der Waals surface area contributed by atoms with E-state index < -0.39 is 0 Å². The van der Waals surface area contributed by atoms with Gasteiger partial charge in [-0.15, -0.1) is 10.2 Å². The fraction of sp³-hybridized carbons (Fsp3) is 0.667. The number of hydrogen-bond acceptors (Lipinski definition) is 4. The van der Waals surface area contributed by atoms with Crippen molar-refractivity contribution in [3.63, 3.8) is 0 Å². The monoisotopic (exact) mass is 223 g/mol. The molecule has 1 aromatic rings. The van der Waals surface area contributed by atoms with Gasteiger partial charge in [0.05, 0.1) is 6.61 Å². The van der Waals surface area contributed by atoms with Crippen LogP contribution in [0.4, 0.5) is 5.82 Å². The molecule has 16 heavy (non-hydrogen) atoms. The summed E-state index contributed by atoms with van der Waals surface area (Å²) in [5.74, 6) is 1.56. The van der Waals surface area contributed by atoms with Crippen LogP contribution in [-0.2, 0) is 6.42 Å². The lowest BCUT2D eigenvalue weighted by atomic mass is 10.2. The Bertz CT molecular complexity index is 326. The molecule has 0 N–H and O–H groups in total. The lowest BCUT2D eigenvalue weighted by Gasteiger charge is -2.13. The van der Waals surface area contributed by atoms with Crippen LogP contribution in [0.5, 0.6) is 5.88 Å². The zero-order valence-electron chi connectivity index (χ0n) is 10.7. The molecule has 0 aliphatic rings. The summed E-state index contributed by atoms with van der Waals surface area (Å²) in [7, 11) is 3.92. The first-order valence-electron chi connectivity index (χ1n) is 5.85. The third-order valence-electron chi connectivity index (χ3n) is 2.40. The summed E-state index contributed by atoms with van der Waals surface area (Å²) in [4.78, 5) is 1.95. The zero-order chi connectivity index (χ0) is 12.0. The molecule has 0 amide bonds. The molecule has 90 valence electrons. The van der Waals surface area contributed by atoms with Crippen LogP contribution in [0.25, 0.3) is 0 Å². The Balaban J connectivity index is 2.76. The van der Waals surface area contributed by atoms with Crippen LogP contribution in [0, 0.1) is 0 Å². The van der Waals surface area contributed by atoms with Gasteiger partial charge in [0.1, 0.15) is 0 Å². The molecule has 1 heterocycles. The maximum atomic E-state index is 5.61. The summed E-state index contributed by atoms with van der Waals surface area (Å²) < 4.78 is 5.61. The first-order chi connectivity index (χ1) is 7.69. The Labute approximate surface area is 97.6 Å². The Hall–Kier alpha value is -1.32. The number of hydrogen-bond donors (Lipinski definition) is 0. The molecule has 0 unspecified atom stereocenters. The van der Waals surface area contributed by atoms with E-state index in [1.165, 1.54) is 0 Å². The Kier molecular flexibility index (Phi) is 5.02. The van der Waals surface area contributed by atoms with Crippen LogP contribution in [0.1, 0.15) is 32.3 Å². The number of aromatic nitrogens is 2. The van der Waals surface area contributed by atoms with Gasteiger partial charge in [-0.05, 0) is 18.9 Å². The van der Waals surface area contributed by atoms with Gasteiger partial charge in [-0.2, -0.15) is 0 Å². The minimum atomic E-state index is 0.682. The summed E-state index contributed by atoms with van der Waals surface area (Å²) in [6.45, 7) is 4.97. The van der Waals surface area contributed by atoms with Crippen molar-refractivity contribution in [2.24, 2.45) is 0 Å². The van der Waals surface area contributed by atoms with Crippen LogP contribution in [0.15, 0.2) is 6.07 Å². The van der Waals surface area contributed by atoms with E-state index in [4.69, 9.17) is 4.74 Å². The quantitative estimate of drug-likeness (QED) is 0.693. The number of ether oxygens (including phenoxy) is 1. The van der Waals surface area contributed by atoms with Crippen molar-refractivity contribution in [1.29, 1.82) is 0 Å². The minimum Gasteiger partial charge on any atom is -0.476 e. The van der Waals surface area contributed by atoms with Gasteiger partial charge in [-0.1, -0.05) is 20.3 Å². The maximum Gasteiger partial charge on any atom is 0.236 e. The van der Waals surface area contributed by atoms with Crippen LogP contribution in [0.3, 0.4) is 0 Å². The van der Waals surface area contributed by atoms with E-state index in [0.717, 1.165) is 37.3 Å². The molecule has 0 aromatic carbocycles. The number of unbranched alkanes of at least 4 members (excludes halogenated alkanes) is 1. The molecule has 0 saturated heterocycles. The molecule has 4 nitrogen and oxygen atoms in total. The molecule has 0 atom stereocenters. The molecule has 1 aromatic heterocycles. The average Bonchev–Trinajstić information content (AvgIpc) is 2.29. The van der Waals surface area contributed by atoms with E-state index in [2.05, 4.69) is 24.0 Å². The van der Waals surface area contributed by atoms with Crippen LogP contribution >= 0.6 is 0 Å². The fourth-order valence-electron chi connectivity index (χ4n) is 1.31. The van der Waals surface area contributed by atoms with Gasteiger partial charge in [0.2, 0.25) is 5.88 Å². The van der Waals surface area contributed by atoms with Gasteiger partial charge in [-0.25, -0.2) is 0 Å². The van der Waals surface area contributed by atoms with Crippen LogP contribution < -0.4 is 9.64 Å². The predicted octanol–water partition coefficient (Wildman–Crippen LogP) is 2.28. The van der Waals surface area contributed by atoms with Crippen molar-refractivity contribution in [2.45, 2.75) is 33.1 Å². The van der Waals surface area contributed by atoms with Crippen molar-refractivity contribution in [3.8, 4) is 5.88 Å². The zero-order valence-corrected chi connectivity index (χ0v) is 10.7. The standard InChI is InChI=1S/C12H21N3O/c1-5-7-8-16-12-10(6-2)9-11(13-14-12)15(3)4/h9H,5-8H2,1-4H3. The van der Waals surface area contributed by atoms with Crippen molar-refractivity contribution < 1.29 is 4.74 Å². The second-order valence-corrected chi connectivity index (χ2v) is 3.98. The van der Waals surface area contributed by atoms with Crippen LogP contribution in [-0.4, -0.2) is 30.9 Å². The molecule has 4 heteroatoms. The maximum absolute atomic E-state index is 5.61. The summed E-state index contributed by atoms with van der Waals surface area (Å²) in [6.07, 6.45) is 3.10. The molecule has 0 fully saturated rings. The molecular weight excluding hydrogens is 202 g/mol. The number of aryl methyl sites for hydroxylation is 1. The molecule has 0 aliphatic heterocycles. The van der Waals surface area contributed by atoms with Crippen molar-refractivity contribution in [1.82, 2.24) is 10.2 Å². The van der Waals surface area contributed by atoms with Crippen molar-refractivity contribution >= 4 is 5.82 Å². The SMILES string of the molecule is CCCCOc1nnc(N(C)C)cc1CC. The van der Waals surface area contributed by atoms with E-state index in [1.807, 2.05) is 25.1 Å². The third kappa shape index (κ3) is 3.36. The van der Waals surface area contributed by atoms with Gasteiger partial charge in [0, 0.05) is 19.7 Å². The molecule has 0 saturated carbocycles. The van der Waals surface area contributed by atoms with E-state index in [-0.39, 0.29) is 0 Å². The van der Waals surface area contributed by atoms with Gasteiger partial charge < -0.3 is 9.64 Å². The first kappa shape index (κ1) is 12.7. The van der Waals surface area contributed by atoms with E-state index in [9.17, 15) is 0 Å². The highest BCUT2D eigenvalue weighted by molar-refractivity contribution is 5.41. The molecular formula is C12H21N3O. The number of rotatable bonds is 6. The third-order valence-corrected chi connectivity index (χ3v) is 2.40. The summed E-state index contributed by atoms with van der Waals surface area (Å²) in [6, 6.07) is 2.04. The highest BCUT2D eigenvalue weighted by Crippen LogP contribution is 2.19. The number of nitrogens with zero attached hydrogens (tertiary/aromatic N) is 3. The van der Waals surface area contributed by atoms with Gasteiger partial charge in [0.15, 0.2) is 5.82 Å². The molecule has 0 bridgehead atoms. The smallest absolute Gasteiger partial charge is 0.236 e. The van der Waals surface area contributed by atoms with Gasteiger partial charge >= 0.3 is 0 Å². The summed E-state index contributed by atoms with van der Waals surface area (Å²) >= 11 is 0. The van der Waals surface area contributed by atoms with E-state index in [0.29, 0.717) is 5.88 Å². The summed E-state index contributed by atoms with van der Waals surface area (Å²) in [5.41, 5.74) is 1.12. The minimum absolute atomic E-state index is 0.682. The first-order valence-corrected chi connectivity index (χ1v) is 5.85. The van der Waals surface area contributed by atoms with Gasteiger partial charge in [0.25, 0.3) is 0 Å². The van der Waals surface area contributed by atoms with Crippen molar-refractivity contribution in [2.75, 3.05) is 25.6 Å². The normalized spacial score (nSPS) is 10.2. The summed E-state index contributed by atoms with van der Waals surface area (Å²) in [5, 5.41) is 8.25. The second-order valence-electron chi connectivity index (χ2n) is 3.98. The number of anilines is 1. The highest BCUT2D eigenvalue weighted by Gasteiger charge is 2.07. The highest BCUT2D eigenvalue weighted by atomic mass is 16.5. The van der Waals surface area contributed by atoms with Crippen molar-refractivity contribution in [3.05, 3.63) is 11.6 Å². The molecule has 0 radical (unpaired) electrons.